The standard InChI is InChI=1S/C27H36N4O2/c1-28-16-18-29(19-17-28)25-7-3-2-6-22(25)12-15-30-20-21-31(26(30)32)24-10-8-23(9-11-24)27(33)13-4-5-14-27/h2-3,6-11,33H,4-5,12-21H2,1H3. The molecule has 33 heavy (non-hydrogen) atoms. The maximum absolute atomic E-state index is 13.1. The van der Waals surface area contributed by atoms with Gasteiger partial charge in [-0.3, -0.25) is 4.90 Å². The minimum Gasteiger partial charge on any atom is -0.385 e. The summed E-state index contributed by atoms with van der Waals surface area (Å²) in [5.74, 6) is 0. The molecule has 5 rings (SSSR count). The summed E-state index contributed by atoms with van der Waals surface area (Å²) in [7, 11) is 2.18. The van der Waals surface area contributed by atoms with Crippen molar-refractivity contribution in [3.8, 4) is 0 Å². The van der Waals surface area contributed by atoms with Gasteiger partial charge in [0.05, 0.1) is 5.60 Å². The lowest BCUT2D eigenvalue weighted by Gasteiger charge is -2.35. The van der Waals surface area contributed by atoms with Gasteiger partial charge in [0.1, 0.15) is 0 Å². The molecule has 3 fully saturated rings. The van der Waals surface area contributed by atoms with E-state index in [1.54, 1.807) is 0 Å². The van der Waals surface area contributed by atoms with E-state index >= 15 is 0 Å². The van der Waals surface area contributed by atoms with Crippen molar-refractivity contribution >= 4 is 17.4 Å². The lowest BCUT2D eigenvalue weighted by atomic mass is 9.92. The summed E-state index contributed by atoms with van der Waals surface area (Å²) >= 11 is 0. The molecular weight excluding hydrogens is 412 g/mol. The number of aliphatic hydroxyl groups is 1. The number of benzene rings is 2. The molecule has 0 unspecified atom stereocenters. The molecule has 2 heterocycles. The van der Waals surface area contributed by atoms with Crippen LogP contribution in [0.1, 0.15) is 36.8 Å². The first-order valence-corrected chi connectivity index (χ1v) is 12.4. The number of nitrogens with zero attached hydrogens (tertiary/aromatic N) is 4. The van der Waals surface area contributed by atoms with Crippen molar-refractivity contribution < 1.29 is 9.90 Å². The Morgan fingerprint density at radius 1 is 0.879 bits per heavy atom. The third-order valence-corrected chi connectivity index (χ3v) is 7.73. The van der Waals surface area contributed by atoms with Crippen LogP contribution in [0.3, 0.4) is 0 Å². The van der Waals surface area contributed by atoms with E-state index in [-0.39, 0.29) is 6.03 Å². The summed E-state index contributed by atoms with van der Waals surface area (Å²) < 4.78 is 0. The smallest absolute Gasteiger partial charge is 0.324 e. The largest absolute Gasteiger partial charge is 0.385 e. The van der Waals surface area contributed by atoms with Crippen LogP contribution in [-0.2, 0) is 12.0 Å². The van der Waals surface area contributed by atoms with E-state index in [9.17, 15) is 9.90 Å². The van der Waals surface area contributed by atoms with Gasteiger partial charge in [0.15, 0.2) is 0 Å². The van der Waals surface area contributed by atoms with Crippen molar-refractivity contribution in [2.75, 3.05) is 62.7 Å². The number of anilines is 2. The van der Waals surface area contributed by atoms with Crippen molar-refractivity contribution in [3.05, 3.63) is 59.7 Å². The van der Waals surface area contributed by atoms with Crippen LogP contribution >= 0.6 is 0 Å². The van der Waals surface area contributed by atoms with Crippen LogP contribution in [0.2, 0.25) is 0 Å². The first-order valence-electron chi connectivity index (χ1n) is 12.4. The Hall–Kier alpha value is -2.57. The number of hydrogen-bond acceptors (Lipinski definition) is 4. The maximum Gasteiger partial charge on any atom is 0.324 e. The summed E-state index contributed by atoms with van der Waals surface area (Å²) in [5, 5.41) is 10.8. The fraction of sp³-hybridized carbons (Fsp3) is 0.519. The molecule has 1 saturated carbocycles. The normalized spacial score (nSPS) is 21.3. The van der Waals surface area contributed by atoms with Crippen LogP contribution in [-0.4, -0.2) is 73.8 Å². The van der Waals surface area contributed by atoms with Crippen molar-refractivity contribution in [2.24, 2.45) is 0 Å². The lowest BCUT2D eigenvalue weighted by molar-refractivity contribution is 0.0445. The number of rotatable bonds is 6. The quantitative estimate of drug-likeness (QED) is 0.732. The number of carbonyl (C=O) groups excluding carboxylic acids is 1. The number of hydrogen-bond donors (Lipinski definition) is 1. The average Bonchev–Trinajstić information content (AvgIpc) is 3.45. The van der Waals surface area contributed by atoms with Gasteiger partial charge in [-0.25, -0.2) is 4.79 Å². The number of para-hydroxylation sites is 1. The Kier molecular flexibility index (Phi) is 6.30. The molecule has 1 N–H and O–H groups in total. The van der Waals surface area contributed by atoms with Crippen LogP contribution in [0, 0.1) is 0 Å². The van der Waals surface area contributed by atoms with Crippen molar-refractivity contribution in [1.82, 2.24) is 9.80 Å². The molecule has 0 atom stereocenters. The summed E-state index contributed by atoms with van der Waals surface area (Å²) in [6.45, 7) is 6.47. The van der Waals surface area contributed by atoms with E-state index < -0.39 is 5.60 Å². The molecule has 2 amide bonds. The first kappa shape index (κ1) is 22.2. The zero-order chi connectivity index (χ0) is 22.8. The molecule has 3 aliphatic rings. The Labute approximate surface area is 197 Å². The van der Waals surface area contributed by atoms with Crippen molar-refractivity contribution in [1.29, 1.82) is 0 Å². The van der Waals surface area contributed by atoms with E-state index in [1.165, 1.54) is 11.3 Å². The number of amides is 2. The highest BCUT2D eigenvalue weighted by Crippen LogP contribution is 2.39. The van der Waals surface area contributed by atoms with Gasteiger partial charge in [0, 0.05) is 57.2 Å². The van der Waals surface area contributed by atoms with Crippen molar-refractivity contribution in [3.63, 3.8) is 0 Å². The number of urea groups is 1. The van der Waals surface area contributed by atoms with E-state index in [0.29, 0.717) is 6.54 Å². The second-order valence-electron chi connectivity index (χ2n) is 9.88. The van der Waals surface area contributed by atoms with Gasteiger partial charge in [0.25, 0.3) is 0 Å². The second-order valence-corrected chi connectivity index (χ2v) is 9.88. The van der Waals surface area contributed by atoms with Gasteiger partial charge in [-0.1, -0.05) is 43.2 Å². The van der Waals surface area contributed by atoms with E-state index in [4.69, 9.17) is 0 Å². The second kappa shape index (κ2) is 9.35. The SMILES string of the molecule is CN1CCN(c2ccccc2CCN2CCN(c3ccc(C4(O)CCCC4)cc3)C2=O)CC1. The highest BCUT2D eigenvalue weighted by atomic mass is 16.3. The molecule has 2 aromatic rings. The molecule has 0 aromatic heterocycles. The molecule has 0 bridgehead atoms. The Morgan fingerprint density at radius 3 is 2.30 bits per heavy atom. The lowest BCUT2D eigenvalue weighted by Crippen LogP contribution is -2.44. The Balaban J connectivity index is 1.21. The van der Waals surface area contributed by atoms with Crippen LogP contribution in [0.25, 0.3) is 0 Å². The molecule has 0 radical (unpaired) electrons. The highest BCUT2D eigenvalue weighted by Gasteiger charge is 2.34. The zero-order valence-electron chi connectivity index (χ0n) is 19.7. The molecule has 2 saturated heterocycles. The highest BCUT2D eigenvalue weighted by molar-refractivity contribution is 5.94. The van der Waals surface area contributed by atoms with Crippen LogP contribution < -0.4 is 9.80 Å². The fourth-order valence-electron chi connectivity index (χ4n) is 5.56. The van der Waals surface area contributed by atoms with Gasteiger partial charge in [-0.2, -0.15) is 0 Å². The molecule has 6 nitrogen and oxygen atoms in total. The number of carbonyl (C=O) groups is 1. The van der Waals surface area contributed by atoms with Gasteiger partial charge in [-0.15, -0.1) is 0 Å². The Morgan fingerprint density at radius 2 is 1.58 bits per heavy atom. The molecule has 0 spiro atoms. The fourth-order valence-corrected chi connectivity index (χ4v) is 5.56. The van der Waals surface area contributed by atoms with Crippen LogP contribution in [0.15, 0.2) is 48.5 Å². The predicted octanol–water partition coefficient (Wildman–Crippen LogP) is 3.68. The van der Waals surface area contributed by atoms with E-state index in [0.717, 1.165) is 82.6 Å². The third-order valence-electron chi connectivity index (χ3n) is 7.73. The number of likely N-dealkylation sites (N-methyl/N-ethyl adjacent to an activating group) is 1. The minimum atomic E-state index is -0.684. The summed E-state index contributed by atoms with van der Waals surface area (Å²) in [5.41, 5.74) is 3.85. The van der Waals surface area contributed by atoms with Gasteiger partial charge in [-0.05, 0) is 55.6 Å². The molecule has 6 heteroatoms. The van der Waals surface area contributed by atoms with E-state index in [1.807, 2.05) is 34.1 Å². The molecule has 1 aliphatic carbocycles. The molecule has 2 aliphatic heterocycles. The zero-order valence-corrected chi connectivity index (χ0v) is 19.7. The monoisotopic (exact) mass is 448 g/mol. The minimum absolute atomic E-state index is 0.0828. The maximum atomic E-state index is 13.1. The predicted molar refractivity (Wildman–Crippen MR) is 133 cm³/mol. The van der Waals surface area contributed by atoms with Crippen LogP contribution in [0.4, 0.5) is 16.2 Å². The summed E-state index contributed by atoms with van der Waals surface area (Å²) in [6.07, 6.45) is 4.69. The third kappa shape index (κ3) is 4.59. The van der Waals surface area contributed by atoms with Crippen LogP contribution in [0.5, 0.6) is 0 Å². The van der Waals surface area contributed by atoms with E-state index in [2.05, 4.69) is 41.1 Å². The molecule has 2 aromatic carbocycles. The molecular formula is C27H36N4O2. The Bertz CT molecular complexity index is 962. The summed E-state index contributed by atoms with van der Waals surface area (Å²) in [6, 6.07) is 16.7. The summed E-state index contributed by atoms with van der Waals surface area (Å²) in [4.78, 5) is 21.8. The van der Waals surface area contributed by atoms with Gasteiger partial charge < -0.3 is 19.8 Å². The number of piperazine rings is 1. The molecule has 176 valence electrons. The first-order chi connectivity index (χ1) is 16.0. The van der Waals surface area contributed by atoms with Gasteiger partial charge in [0.2, 0.25) is 0 Å². The average molecular weight is 449 g/mol. The van der Waals surface area contributed by atoms with Gasteiger partial charge >= 0.3 is 6.03 Å². The van der Waals surface area contributed by atoms with Crippen molar-refractivity contribution in [2.45, 2.75) is 37.7 Å². The topological polar surface area (TPSA) is 50.3 Å².